The van der Waals surface area contributed by atoms with Crippen LogP contribution in [0.15, 0.2) is 0 Å². The van der Waals surface area contributed by atoms with Gasteiger partial charge in [-0.2, -0.15) is 0 Å². The fourth-order valence-corrected chi connectivity index (χ4v) is 2.43. The summed E-state index contributed by atoms with van der Waals surface area (Å²) in [5, 5.41) is 0. The van der Waals surface area contributed by atoms with Gasteiger partial charge < -0.3 is 15.2 Å². The first-order chi connectivity index (χ1) is 6.81. The van der Waals surface area contributed by atoms with Crippen molar-refractivity contribution in [3.05, 3.63) is 0 Å². The summed E-state index contributed by atoms with van der Waals surface area (Å²) in [5.41, 5.74) is 4.59. The van der Waals surface area contributed by atoms with Gasteiger partial charge in [-0.05, 0) is 33.6 Å². The quantitative estimate of drug-likeness (QED) is 0.690. The summed E-state index contributed by atoms with van der Waals surface area (Å²) < 4.78 is 10.9. The molecule has 15 heavy (non-hydrogen) atoms. The van der Waals surface area contributed by atoms with E-state index < -0.39 is 11.2 Å². The number of hydrogen-bond donors (Lipinski definition) is 1. The minimum absolute atomic E-state index is 0.0525. The molecule has 1 saturated carbocycles. The topological polar surface area (TPSA) is 61.5 Å². The van der Waals surface area contributed by atoms with Crippen LogP contribution in [0.25, 0.3) is 0 Å². The largest absolute Gasteiger partial charge is 0.458 e. The zero-order valence-electron chi connectivity index (χ0n) is 9.63. The summed E-state index contributed by atoms with van der Waals surface area (Å²) >= 11 is 0. The monoisotopic (exact) mass is 213 g/mol. The number of rotatable bonds is 2. The van der Waals surface area contributed by atoms with Crippen LogP contribution in [0.5, 0.6) is 0 Å². The third kappa shape index (κ3) is 1.66. The van der Waals surface area contributed by atoms with E-state index >= 15 is 0 Å². The standard InChI is InChI=1S/C11H19NO3/c1-9(2,3)15-8(13)11-4-10(5-11,6-12)7-14-11/h4-7,12H2,1-3H3. The molecule has 3 fully saturated rings. The van der Waals surface area contributed by atoms with Crippen LogP contribution in [0.2, 0.25) is 0 Å². The van der Waals surface area contributed by atoms with Crippen LogP contribution in [0, 0.1) is 5.41 Å². The third-order valence-corrected chi connectivity index (χ3v) is 3.18. The number of hydrogen-bond acceptors (Lipinski definition) is 4. The Bertz CT molecular complexity index is 287. The van der Waals surface area contributed by atoms with Gasteiger partial charge in [0.1, 0.15) is 5.60 Å². The number of fused-ring (bicyclic) bond motifs is 1. The van der Waals surface area contributed by atoms with E-state index in [0.29, 0.717) is 13.2 Å². The van der Waals surface area contributed by atoms with Gasteiger partial charge in [0.05, 0.1) is 6.61 Å². The van der Waals surface area contributed by atoms with E-state index in [0.717, 1.165) is 12.8 Å². The molecule has 1 aliphatic carbocycles. The number of carbonyl (C=O) groups is 1. The molecule has 2 heterocycles. The van der Waals surface area contributed by atoms with Gasteiger partial charge in [0.25, 0.3) is 0 Å². The first kappa shape index (κ1) is 10.9. The van der Waals surface area contributed by atoms with E-state index in [1.807, 2.05) is 20.8 Å². The van der Waals surface area contributed by atoms with Gasteiger partial charge in [-0.3, -0.25) is 0 Å². The molecule has 4 heteroatoms. The first-order valence-corrected chi connectivity index (χ1v) is 5.38. The lowest BCUT2D eigenvalue weighted by atomic mass is 9.62. The molecule has 0 spiro atoms. The van der Waals surface area contributed by atoms with Crippen LogP contribution in [0.1, 0.15) is 33.6 Å². The molecule has 0 amide bonds. The van der Waals surface area contributed by atoms with Crippen LogP contribution in [-0.4, -0.2) is 30.3 Å². The maximum Gasteiger partial charge on any atom is 0.338 e. The van der Waals surface area contributed by atoms with Gasteiger partial charge in [0.2, 0.25) is 0 Å². The maximum absolute atomic E-state index is 11.9. The lowest BCUT2D eigenvalue weighted by Crippen LogP contribution is -2.54. The zero-order chi connectivity index (χ0) is 11.3. The lowest BCUT2D eigenvalue weighted by molar-refractivity contribution is -0.182. The SMILES string of the molecule is CC(C)(C)OC(=O)C12CC(CN)(CO1)C2. The van der Waals surface area contributed by atoms with Crippen molar-refractivity contribution in [2.45, 2.75) is 44.8 Å². The normalized spacial score (nSPS) is 38.7. The molecule has 0 aromatic heterocycles. The summed E-state index contributed by atoms with van der Waals surface area (Å²) in [6.45, 7) is 6.79. The number of carbonyl (C=O) groups excluding carboxylic acids is 1. The van der Waals surface area contributed by atoms with Crippen LogP contribution >= 0.6 is 0 Å². The predicted octanol–water partition coefficient (Wildman–Crippen LogP) is 0.836. The Balaban J connectivity index is 2.00. The van der Waals surface area contributed by atoms with E-state index in [9.17, 15) is 4.79 Å². The van der Waals surface area contributed by atoms with Gasteiger partial charge >= 0.3 is 5.97 Å². The highest BCUT2D eigenvalue weighted by atomic mass is 16.6. The van der Waals surface area contributed by atoms with Gasteiger partial charge in [-0.1, -0.05) is 0 Å². The van der Waals surface area contributed by atoms with E-state index in [4.69, 9.17) is 15.2 Å². The van der Waals surface area contributed by atoms with Crippen molar-refractivity contribution in [1.82, 2.24) is 0 Å². The molecule has 2 saturated heterocycles. The average molecular weight is 213 g/mol. The second-order valence-electron chi connectivity index (χ2n) is 5.84. The molecular formula is C11H19NO3. The number of esters is 1. The first-order valence-electron chi connectivity index (χ1n) is 5.38. The van der Waals surface area contributed by atoms with Crippen LogP contribution < -0.4 is 5.73 Å². The van der Waals surface area contributed by atoms with Crippen molar-refractivity contribution < 1.29 is 14.3 Å². The fourth-order valence-electron chi connectivity index (χ4n) is 2.43. The van der Waals surface area contributed by atoms with Crippen molar-refractivity contribution in [2.75, 3.05) is 13.2 Å². The van der Waals surface area contributed by atoms with Crippen LogP contribution in [-0.2, 0) is 14.3 Å². The molecule has 0 aromatic rings. The highest BCUT2D eigenvalue weighted by Crippen LogP contribution is 2.57. The lowest BCUT2D eigenvalue weighted by Gasteiger charge is -2.42. The predicted molar refractivity (Wildman–Crippen MR) is 55.2 cm³/mol. The van der Waals surface area contributed by atoms with Crippen molar-refractivity contribution >= 4 is 5.97 Å². The highest BCUT2D eigenvalue weighted by molar-refractivity contribution is 5.82. The van der Waals surface area contributed by atoms with Crippen LogP contribution in [0.4, 0.5) is 0 Å². The Morgan fingerprint density at radius 1 is 1.47 bits per heavy atom. The molecule has 3 rings (SSSR count). The molecule has 2 bridgehead atoms. The van der Waals surface area contributed by atoms with E-state index in [1.165, 1.54) is 0 Å². The zero-order valence-corrected chi connectivity index (χ0v) is 9.63. The van der Waals surface area contributed by atoms with Gasteiger partial charge in [-0.15, -0.1) is 0 Å². The summed E-state index contributed by atoms with van der Waals surface area (Å²) in [6, 6.07) is 0. The summed E-state index contributed by atoms with van der Waals surface area (Å²) in [4.78, 5) is 11.9. The molecule has 3 aliphatic rings. The molecule has 0 unspecified atom stereocenters. The van der Waals surface area contributed by atoms with Crippen molar-refractivity contribution in [3.63, 3.8) is 0 Å². The summed E-state index contributed by atoms with van der Waals surface area (Å²) in [5.74, 6) is -0.225. The Hall–Kier alpha value is -0.610. The summed E-state index contributed by atoms with van der Waals surface area (Å²) in [6.07, 6.45) is 1.46. The van der Waals surface area contributed by atoms with E-state index in [1.54, 1.807) is 0 Å². The van der Waals surface area contributed by atoms with E-state index in [2.05, 4.69) is 0 Å². The van der Waals surface area contributed by atoms with E-state index in [-0.39, 0.29) is 11.4 Å². The Morgan fingerprint density at radius 2 is 2.07 bits per heavy atom. The fraction of sp³-hybridized carbons (Fsp3) is 0.909. The molecule has 86 valence electrons. The maximum atomic E-state index is 11.9. The average Bonchev–Trinajstić information content (AvgIpc) is 2.54. The summed E-state index contributed by atoms with van der Waals surface area (Å²) in [7, 11) is 0. The minimum atomic E-state index is -0.674. The minimum Gasteiger partial charge on any atom is -0.458 e. The van der Waals surface area contributed by atoms with Gasteiger partial charge in [-0.25, -0.2) is 4.79 Å². The molecule has 0 radical (unpaired) electrons. The van der Waals surface area contributed by atoms with Crippen molar-refractivity contribution in [2.24, 2.45) is 11.1 Å². The second kappa shape index (κ2) is 2.95. The molecule has 2 aliphatic heterocycles. The molecule has 0 atom stereocenters. The van der Waals surface area contributed by atoms with Gasteiger partial charge in [0, 0.05) is 12.0 Å². The molecule has 4 nitrogen and oxygen atoms in total. The highest BCUT2D eigenvalue weighted by Gasteiger charge is 2.66. The number of ether oxygens (including phenoxy) is 2. The van der Waals surface area contributed by atoms with Crippen LogP contribution in [0.3, 0.4) is 0 Å². The van der Waals surface area contributed by atoms with Crippen molar-refractivity contribution in [3.8, 4) is 0 Å². The van der Waals surface area contributed by atoms with Gasteiger partial charge in [0.15, 0.2) is 5.60 Å². The Morgan fingerprint density at radius 3 is 2.47 bits per heavy atom. The molecule has 0 aromatic carbocycles. The molecular weight excluding hydrogens is 194 g/mol. The smallest absolute Gasteiger partial charge is 0.338 e. The number of nitrogens with two attached hydrogens (primary N) is 1. The third-order valence-electron chi connectivity index (χ3n) is 3.18. The Kier molecular flexibility index (Phi) is 2.14. The Labute approximate surface area is 90.1 Å². The van der Waals surface area contributed by atoms with Crippen molar-refractivity contribution in [1.29, 1.82) is 0 Å². The molecule has 2 N–H and O–H groups in total. The second-order valence-corrected chi connectivity index (χ2v) is 5.84.